The van der Waals surface area contributed by atoms with E-state index in [0.29, 0.717) is 0 Å². The van der Waals surface area contributed by atoms with Crippen LogP contribution < -0.4 is 24.8 Å². The minimum atomic E-state index is 0. The Morgan fingerprint density at radius 1 is 0.667 bits per heavy atom. The fourth-order valence-corrected chi connectivity index (χ4v) is 0. The molecule has 0 saturated carbocycles. The van der Waals surface area contributed by atoms with Crippen LogP contribution >= 0.6 is 17.2 Å². The minimum absolute atomic E-state index is 0. The summed E-state index contributed by atoms with van der Waals surface area (Å²) in [7, 11) is 2.17. The Labute approximate surface area is 88.8 Å². The molecule has 0 rings (SSSR count). The third kappa shape index (κ3) is 150. The molecule has 0 N–H and O–H groups in total. The molecular formula is C4H14Cl2P2Pd. The molecule has 0 fully saturated rings. The molecule has 0 bridgehead atoms. The Morgan fingerprint density at radius 3 is 0.667 bits per heavy atom. The van der Waals surface area contributed by atoms with Crippen molar-refractivity contribution in [2.24, 2.45) is 0 Å². The number of hydrogen-bond acceptors (Lipinski definition) is 0. The summed E-state index contributed by atoms with van der Waals surface area (Å²) in [6.07, 6.45) is 0. The molecule has 9 heavy (non-hydrogen) atoms. The van der Waals surface area contributed by atoms with Crippen LogP contribution in [0.4, 0.5) is 0 Å². The normalized spacial score (nSPS) is 4.00. The summed E-state index contributed by atoms with van der Waals surface area (Å²) in [6, 6.07) is 0. The second kappa shape index (κ2) is 49.7. The van der Waals surface area contributed by atoms with Crippen LogP contribution in [0.15, 0.2) is 0 Å². The Hall–Kier alpha value is 2.10. The Morgan fingerprint density at radius 2 is 0.667 bits per heavy atom. The van der Waals surface area contributed by atoms with Gasteiger partial charge in [-0.1, -0.05) is 0 Å². The van der Waals surface area contributed by atoms with Crippen molar-refractivity contribution in [1.29, 1.82) is 0 Å². The molecule has 0 nitrogen and oxygen atoms in total. The van der Waals surface area contributed by atoms with Crippen LogP contribution in [0.25, 0.3) is 0 Å². The van der Waals surface area contributed by atoms with Gasteiger partial charge in [0.05, 0.1) is 0 Å². The molecule has 0 amide bonds. The molecule has 0 unspecified atom stereocenters. The summed E-state index contributed by atoms with van der Waals surface area (Å²) >= 11 is 0. The van der Waals surface area contributed by atoms with Gasteiger partial charge in [0.25, 0.3) is 0 Å². The standard InChI is InChI=1S/2C2H7P.2ClH.Pd/c2*1-3-2;;;/h2*3H,1-2H3;2*1H;/q;;;;+2/p-2. The topological polar surface area (TPSA) is 0 Å². The molecule has 0 spiro atoms. The molecule has 0 radical (unpaired) electrons. The molecular weight excluding hydrogens is 287 g/mol. The molecule has 0 aliphatic carbocycles. The maximum absolute atomic E-state index is 2.15. The maximum Gasteiger partial charge on any atom is 2.00 e. The molecule has 0 aromatic carbocycles. The van der Waals surface area contributed by atoms with Gasteiger partial charge in [-0.15, -0.1) is 17.2 Å². The van der Waals surface area contributed by atoms with Crippen molar-refractivity contribution in [2.45, 2.75) is 0 Å². The zero-order chi connectivity index (χ0) is 5.41. The van der Waals surface area contributed by atoms with Gasteiger partial charge in [0.1, 0.15) is 0 Å². The SMILES string of the molecule is CPC.CPC.[Cl-].[Cl-].[Pd+2]. The van der Waals surface area contributed by atoms with Crippen LogP contribution in [0.2, 0.25) is 0 Å². The van der Waals surface area contributed by atoms with Crippen LogP contribution in [-0.2, 0) is 20.4 Å². The predicted octanol–water partition coefficient (Wildman–Crippen LogP) is -4.15. The largest absolute Gasteiger partial charge is 2.00 e. The van der Waals surface area contributed by atoms with Crippen LogP contribution in [0.1, 0.15) is 0 Å². The van der Waals surface area contributed by atoms with Crippen molar-refractivity contribution < 1.29 is 45.2 Å². The van der Waals surface area contributed by atoms with Crippen LogP contribution in [-0.4, -0.2) is 26.7 Å². The van der Waals surface area contributed by atoms with Gasteiger partial charge in [0, 0.05) is 0 Å². The number of hydrogen-bond donors (Lipinski definition) is 0. The first-order valence-corrected chi connectivity index (χ1v) is 6.00. The molecule has 0 aliphatic heterocycles. The summed E-state index contributed by atoms with van der Waals surface area (Å²) in [4.78, 5) is 0. The molecule has 0 heterocycles. The van der Waals surface area contributed by atoms with Gasteiger partial charge in [-0.3, -0.25) is 0 Å². The number of rotatable bonds is 0. The molecule has 0 aromatic rings. The Bertz CT molecular complexity index is 18.5. The molecule has 0 saturated heterocycles. The third-order valence-corrected chi connectivity index (χ3v) is 0. The first-order chi connectivity index (χ1) is 2.83. The fourth-order valence-electron chi connectivity index (χ4n) is 0. The van der Waals surface area contributed by atoms with Gasteiger partial charge in [0.2, 0.25) is 0 Å². The molecule has 0 aromatic heterocycles. The van der Waals surface area contributed by atoms with Gasteiger partial charge in [-0.25, -0.2) is 0 Å². The number of halogens is 2. The third-order valence-electron chi connectivity index (χ3n) is 0. The van der Waals surface area contributed by atoms with Crippen LogP contribution in [0.3, 0.4) is 0 Å². The average molecular weight is 301 g/mol. The zero-order valence-corrected chi connectivity index (χ0v) is 11.1. The first kappa shape index (κ1) is 30.4. The summed E-state index contributed by atoms with van der Waals surface area (Å²) in [6.45, 7) is 8.61. The van der Waals surface area contributed by atoms with Crippen molar-refractivity contribution in [1.82, 2.24) is 0 Å². The van der Waals surface area contributed by atoms with Gasteiger partial charge < -0.3 is 24.8 Å². The Kier molecular flexibility index (Phi) is 168. The Balaban J connectivity index is -0.00000000889. The van der Waals surface area contributed by atoms with E-state index < -0.39 is 0 Å². The first-order valence-electron chi connectivity index (χ1n) is 2.00. The van der Waals surface area contributed by atoms with Gasteiger partial charge >= 0.3 is 20.4 Å². The average Bonchev–Trinajstić information content (AvgIpc) is 1.39. The van der Waals surface area contributed by atoms with E-state index in [-0.39, 0.29) is 45.2 Å². The molecule has 0 atom stereocenters. The monoisotopic (exact) mass is 300 g/mol. The van der Waals surface area contributed by atoms with Gasteiger partial charge in [-0.05, 0) is 26.7 Å². The van der Waals surface area contributed by atoms with Crippen LogP contribution in [0.5, 0.6) is 0 Å². The van der Waals surface area contributed by atoms with Crippen molar-refractivity contribution in [3.63, 3.8) is 0 Å². The van der Waals surface area contributed by atoms with Crippen molar-refractivity contribution in [2.75, 3.05) is 26.7 Å². The minimum Gasteiger partial charge on any atom is -1.00 e. The van der Waals surface area contributed by atoms with Gasteiger partial charge in [0.15, 0.2) is 0 Å². The summed E-state index contributed by atoms with van der Waals surface area (Å²) < 4.78 is 0. The smallest absolute Gasteiger partial charge is 1.00 e. The van der Waals surface area contributed by atoms with Crippen molar-refractivity contribution in [3.8, 4) is 0 Å². The van der Waals surface area contributed by atoms with Crippen LogP contribution in [0, 0.1) is 0 Å². The van der Waals surface area contributed by atoms with Crippen molar-refractivity contribution >= 4 is 17.2 Å². The van der Waals surface area contributed by atoms with Gasteiger partial charge in [-0.2, -0.15) is 0 Å². The van der Waals surface area contributed by atoms with E-state index in [0.717, 1.165) is 17.2 Å². The van der Waals surface area contributed by atoms with E-state index >= 15 is 0 Å². The van der Waals surface area contributed by atoms with E-state index in [2.05, 4.69) is 26.7 Å². The maximum atomic E-state index is 2.15. The van der Waals surface area contributed by atoms with E-state index in [1.54, 1.807) is 0 Å². The van der Waals surface area contributed by atoms with Crippen molar-refractivity contribution in [3.05, 3.63) is 0 Å². The molecule has 64 valence electrons. The predicted molar refractivity (Wildman–Crippen MR) is 40.3 cm³/mol. The summed E-state index contributed by atoms with van der Waals surface area (Å²) in [5.74, 6) is 0. The second-order valence-electron chi connectivity index (χ2n) is 1.00. The van der Waals surface area contributed by atoms with E-state index in [1.807, 2.05) is 0 Å². The molecule has 0 aliphatic rings. The van der Waals surface area contributed by atoms with E-state index in [1.165, 1.54) is 0 Å². The quantitative estimate of drug-likeness (QED) is 0.315. The second-order valence-corrected chi connectivity index (χ2v) is 3.00. The van der Waals surface area contributed by atoms with E-state index in [4.69, 9.17) is 0 Å². The zero-order valence-electron chi connectivity index (χ0n) is 6.07. The molecule has 5 heteroatoms. The van der Waals surface area contributed by atoms with E-state index in [9.17, 15) is 0 Å². The fraction of sp³-hybridized carbons (Fsp3) is 1.00. The summed E-state index contributed by atoms with van der Waals surface area (Å²) in [5.41, 5.74) is 0. The summed E-state index contributed by atoms with van der Waals surface area (Å²) in [5, 5.41) is 0.